The second-order valence-electron chi connectivity index (χ2n) is 27.1. The van der Waals surface area contributed by atoms with Gasteiger partial charge < -0.3 is 11.5 Å². The van der Waals surface area contributed by atoms with Crippen LogP contribution in [0.5, 0.6) is 0 Å². The minimum Gasteiger partial charge on any atom is -0.399 e. The predicted molar refractivity (Wildman–Crippen MR) is 399 cm³/mol. The molecule has 0 bridgehead atoms. The van der Waals surface area contributed by atoms with Gasteiger partial charge in [0.25, 0.3) is 0 Å². The first-order valence-corrected chi connectivity index (χ1v) is 28.4. The molecule has 4 N–H and O–H groups in total. The molecule has 3 rings (SSSR count). The molecule has 45 heteroatoms. The van der Waals surface area contributed by atoms with Gasteiger partial charge in [0, 0.05) is 146 Å². The third-order valence-electron chi connectivity index (χ3n) is 18.9. The summed E-state index contributed by atoms with van der Waals surface area (Å²) >= 11 is 0. The van der Waals surface area contributed by atoms with E-state index in [0.717, 1.165) is 47.9 Å². The zero-order valence-corrected chi connectivity index (χ0v) is 47.2. The first-order chi connectivity index (χ1) is 29.7. The van der Waals surface area contributed by atoms with Gasteiger partial charge in [0.1, 0.15) is 0 Å². The average Bonchev–Trinajstić information content (AvgIpc) is 3.14. The van der Waals surface area contributed by atoms with Crippen LogP contribution in [0, 0.1) is 17.8 Å². The quantitative estimate of drug-likeness (QED) is 0.0809. The van der Waals surface area contributed by atoms with E-state index >= 15 is 0 Å². The van der Waals surface area contributed by atoms with E-state index in [2.05, 4.69) is 182 Å². The molecule has 2 saturated carbocycles. The molecule has 1 aromatic rings. The molecular formula is C19H73B43N2. The van der Waals surface area contributed by atoms with Crippen LogP contribution in [-0.4, -0.2) is 304 Å². The summed E-state index contributed by atoms with van der Waals surface area (Å²) in [5, 5.41) is 0. The fraction of sp³-hybridized carbons (Fsp3) is 0.684. The van der Waals surface area contributed by atoms with Crippen molar-refractivity contribution in [1.29, 1.82) is 0 Å². The maximum absolute atomic E-state index is 6.24. The van der Waals surface area contributed by atoms with Gasteiger partial charge >= 0.3 is 0 Å². The van der Waals surface area contributed by atoms with Crippen LogP contribution in [-0.2, 0) is 6.42 Å². The fourth-order valence-electron chi connectivity index (χ4n) is 17.7. The largest absolute Gasteiger partial charge is 0.399 e. The highest BCUT2D eigenvalue weighted by atomic mass is 14.6. The molecule has 288 valence electrons. The number of hydrogen-bond acceptors (Lipinski definition) is 2. The summed E-state index contributed by atoms with van der Waals surface area (Å²) in [5.41, 5.74) is 15.4. The van der Waals surface area contributed by atoms with E-state index in [1.807, 2.05) is 6.07 Å². The molecule has 64 heavy (non-hydrogen) atoms. The minimum atomic E-state index is 0.647. The van der Waals surface area contributed by atoms with E-state index in [9.17, 15) is 0 Å². The van der Waals surface area contributed by atoms with Crippen molar-refractivity contribution in [3.05, 3.63) is 23.8 Å². The van der Waals surface area contributed by atoms with E-state index in [4.69, 9.17) is 11.5 Å². The summed E-state index contributed by atoms with van der Waals surface area (Å²) in [6.07, 6.45) is 26.1. The van der Waals surface area contributed by atoms with Gasteiger partial charge in [0.2, 0.25) is 0 Å². The lowest BCUT2D eigenvalue weighted by molar-refractivity contribution is 0.167. The summed E-state index contributed by atoms with van der Waals surface area (Å²) in [4.78, 5) is 0. The van der Waals surface area contributed by atoms with E-state index in [-0.39, 0.29) is 0 Å². The normalized spacial score (nSPS) is 17.8. The molecule has 2 aliphatic rings. The average molecular weight is 795 g/mol. The molecular weight excluding hydrogens is 721 g/mol. The van der Waals surface area contributed by atoms with Gasteiger partial charge in [-0.3, -0.25) is 0 Å². The van der Waals surface area contributed by atoms with E-state index < -0.39 is 0 Å². The molecule has 0 radical (unpaired) electrons. The number of anilines is 2. The monoisotopic (exact) mass is 803 g/mol. The molecule has 2 fully saturated rings. The molecule has 0 aliphatic heterocycles. The maximum Gasteiger partial charge on any atom is 0.0552 e. The second kappa shape index (κ2) is 27.4. The number of hydrogen-bond donors (Lipinski definition) is 2. The van der Waals surface area contributed by atoms with Crippen molar-refractivity contribution in [1.82, 2.24) is 0 Å². The third-order valence-corrected chi connectivity index (χ3v) is 18.9. The second-order valence-corrected chi connectivity index (χ2v) is 27.1. The minimum absolute atomic E-state index is 0.647. The highest BCUT2D eigenvalue weighted by Crippen LogP contribution is 2.45. The standard InChI is InChI=1S/C19H73B43N2/c20-43(21)56(44(22)23)54(57(45(24)25)46(26)27)42(17-7-5-16(6-8-17)15-3-1-13(2-4-15)9-14-10-18(63)12-19(64)11-14)55(61(53(40)41)58(47(28)29)48(30)31)62(59(49(32)33)50(34)35)60(51(36)37)52(38)39/h10-13,15-17H,1-9,20-41,63-64H2. The first kappa shape index (κ1) is 59.9. The van der Waals surface area contributed by atoms with Crippen molar-refractivity contribution in [2.45, 2.75) is 63.6 Å². The summed E-state index contributed by atoms with van der Waals surface area (Å²) in [7, 11) is 58.0. The lowest BCUT2D eigenvalue weighted by Gasteiger charge is -2.56. The Labute approximate surface area is 429 Å². The number of nitrogens with two attached hydrogens (primary N) is 2. The SMILES string of the molecule is BB(B)B(B(B)B)B(B(B)B)B(B(B(B(B)B)B(B)B)B(B(B)B)B(B)B)B(B(B(B(B)B)B(B)B)B(B(B)B)B(B)B)C1CCC(C2CCC(Cc3cc(N)cc(N)c3)CC2)CC1. The van der Waals surface area contributed by atoms with Crippen LogP contribution in [0.4, 0.5) is 11.4 Å². The topological polar surface area (TPSA) is 52.0 Å². The van der Waals surface area contributed by atoms with Crippen molar-refractivity contribution in [3.8, 4) is 0 Å². The van der Waals surface area contributed by atoms with Gasteiger partial charge in [0.15, 0.2) is 0 Å². The number of rotatable bonds is 24. The van der Waals surface area contributed by atoms with Gasteiger partial charge in [-0.25, -0.2) is 0 Å². The fourth-order valence-corrected chi connectivity index (χ4v) is 17.7. The molecule has 0 spiro atoms. The molecule has 0 aromatic heterocycles. The van der Waals surface area contributed by atoms with Crippen molar-refractivity contribution < 1.29 is 0 Å². The van der Waals surface area contributed by atoms with Gasteiger partial charge in [-0.2, -0.15) is 0 Å². The zero-order chi connectivity index (χ0) is 48.7. The van der Waals surface area contributed by atoms with E-state index in [1.54, 1.807) is 0 Å². The lowest BCUT2D eigenvalue weighted by atomic mass is 8.29. The van der Waals surface area contributed by atoms with Crippen molar-refractivity contribution in [2.75, 3.05) is 11.5 Å². The van der Waals surface area contributed by atoms with Gasteiger partial charge in [-0.1, -0.05) is 31.5 Å². The van der Waals surface area contributed by atoms with Crippen LogP contribution < -0.4 is 11.5 Å². The maximum atomic E-state index is 6.24. The zero-order valence-electron chi connectivity index (χ0n) is 47.2. The molecule has 2 nitrogen and oxygen atoms in total. The Morgan fingerprint density at radius 3 is 0.906 bits per heavy atom. The molecule has 1 aromatic carbocycles. The number of nitrogen functional groups attached to an aromatic ring is 2. The highest BCUT2D eigenvalue weighted by Gasteiger charge is 2.60. The van der Waals surface area contributed by atoms with Crippen LogP contribution >= 0.6 is 0 Å². The Kier molecular flexibility index (Phi) is 25.7. The van der Waals surface area contributed by atoms with Crippen LogP contribution in [0.3, 0.4) is 0 Å². The van der Waals surface area contributed by atoms with E-state index in [1.165, 1.54) is 56.9 Å². The van der Waals surface area contributed by atoms with Gasteiger partial charge in [-0.15, -0.1) is 0 Å². The molecule has 2 aliphatic carbocycles. The summed E-state index contributed by atoms with van der Waals surface area (Å²) in [6, 6.07) is 6.24. The van der Waals surface area contributed by atoms with E-state index in [0.29, 0.717) is 128 Å². The molecule has 0 heterocycles. The van der Waals surface area contributed by atoms with Crippen LogP contribution in [0.25, 0.3) is 0 Å². The summed E-state index contributed by atoms with van der Waals surface area (Å²) < 4.78 is 0. The predicted octanol–water partition coefficient (Wildman–Crippen LogP) is -23.4. The first-order valence-electron chi connectivity index (χ1n) is 28.4. The molecule has 0 saturated heterocycles. The van der Waals surface area contributed by atoms with Crippen molar-refractivity contribution in [3.63, 3.8) is 0 Å². The van der Waals surface area contributed by atoms with Crippen LogP contribution in [0.1, 0.15) is 56.9 Å². The Morgan fingerprint density at radius 2 is 0.594 bits per heavy atom. The lowest BCUT2D eigenvalue weighted by Crippen LogP contribution is -2.92. The van der Waals surface area contributed by atoms with Gasteiger partial charge in [0.05, 0.1) is 170 Å². The Bertz CT molecular complexity index is 1380. The van der Waals surface area contributed by atoms with Crippen LogP contribution in [0.2, 0.25) is 5.82 Å². The summed E-state index contributed by atoms with van der Waals surface area (Å²) in [5.74, 6) is 3.34. The Hall–Kier alpha value is 1.61. The van der Waals surface area contributed by atoms with Gasteiger partial charge in [-0.05, 0) is 73.6 Å². The Morgan fingerprint density at radius 1 is 0.328 bits per heavy atom. The third kappa shape index (κ3) is 15.8. The smallest absolute Gasteiger partial charge is 0.0552 e. The molecule has 0 amide bonds. The van der Waals surface area contributed by atoms with Crippen molar-refractivity contribution in [2.24, 2.45) is 17.8 Å². The highest BCUT2D eigenvalue weighted by molar-refractivity contribution is 8.30. The molecule has 0 atom stereocenters. The Balaban J connectivity index is 2.37. The van der Waals surface area contributed by atoms with Crippen molar-refractivity contribution >= 4 is 316 Å². The summed E-state index contributed by atoms with van der Waals surface area (Å²) in [6.45, 7) is 0.726. The molecule has 0 unspecified atom stereocenters. The van der Waals surface area contributed by atoms with Crippen LogP contribution in [0.15, 0.2) is 18.2 Å². The number of benzene rings is 1.